The van der Waals surface area contributed by atoms with Crippen LogP contribution in [0.15, 0.2) is 170 Å². The number of nitrogens with zero attached hydrogens (tertiary/aromatic N) is 1. The lowest BCUT2D eigenvalue weighted by Gasteiger charge is -2.50. The van der Waals surface area contributed by atoms with Crippen molar-refractivity contribution >= 4 is 5.69 Å². The van der Waals surface area contributed by atoms with Crippen LogP contribution < -0.4 is 9.64 Å². The highest BCUT2D eigenvalue weighted by molar-refractivity contribution is 5.80. The molecule has 2 heteroatoms. The molecule has 6 aromatic carbocycles. The number of anilines is 1. The molecule has 0 unspecified atom stereocenters. The first kappa shape index (κ1) is 24.9. The number of rotatable bonds is 6. The largest absolute Gasteiger partial charge is 0.496 e. The minimum atomic E-state index is -0.725. The summed E-state index contributed by atoms with van der Waals surface area (Å²) in [5, 5.41) is 0. The number of hydrogen-bond donors (Lipinski definition) is 0. The van der Waals surface area contributed by atoms with E-state index in [-0.39, 0.29) is 0 Å². The fourth-order valence-corrected chi connectivity index (χ4v) is 6.99. The van der Waals surface area contributed by atoms with Crippen molar-refractivity contribution in [1.29, 1.82) is 0 Å². The molecule has 198 valence electrons. The minimum absolute atomic E-state index is 0.681. The summed E-state index contributed by atoms with van der Waals surface area (Å²) < 4.78 is 6.28. The summed E-state index contributed by atoms with van der Waals surface area (Å²) in [6.45, 7) is 0. The first-order valence-electron chi connectivity index (χ1n) is 14.1. The van der Waals surface area contributed by atoms with Gasteiger partial charge in [-0.1, -0.05) is 152 Å². The molecule has 6 aromatic rings. The average Bonchev–Trinajstić information content (AvgIpc) is 3.36. The van der Waals surface area contributed by atoms with Gasteiger partial charge in [0.2, 0.25) is 0 Å². The van der Waals surface area contributed by atoms with Crippen molar-refractivity contribution in [1.82, 2.24) is 0 Å². The molecule has 0 amide bonds. The van der Waals surface area contributed by atoms with Gasteiger partial charge in [0.15, 0.2) is 0 Å². The van der Waals surface area contributed by atoms with Crippen LogP contribution in [-0.2, 0) is 11.1 Å². The number of fused-ring (bicyclic) bond motifs is 1. The molecule has 0 fully saturated rings. The van der Waals surface area contributed by atoms with Crippen molar-refractivity contribution in [3.8, 4) is 5.75 Å². The van der Waals surface area contributed by atoms with Gasteiger partial charge in [0.05, 0.1) is 7.11 Å². The van der Waals surface area contributed by atoms with Crippen LogP contribution in [0.1, 0.15) is 33.4 Å². The first-order chi connectivity index (χ1) is 20.3. The molecule has 0 atom stereocenters. The second kappa shape index (κ2) is 10.1. The van der Waals surface area contributed by atoms with Crippen molar-refractivity contribution in [2.75, 3.05) is 12.0 Å². The van der Waals surface area contributed by atoms with Crippen molar-refractivity contribution < 1.29 is 4.74 Å². The van der Waals surface area contributed by atoms with Gasteiger partial charge >= 0.3 is 0 Å². The van der Waals surface area contributed by atoms with Gasteiger partial charge in [0.25, 0.3) is 0 Å². The van der Waals surface area contributed by atoms with E-state index >= 15 is 0 Å². The van der Waals surface area contributed by atoms with Gasteiger partial charge in [-0.3, -0.25) is 0 Å². The van der Waals surface area contributed by atoms with Crippen molar-refractivity contribution in [2.45, 2.75) is 11.1 Å². The Labute approximate surface area is 242 Å². The highest BCUT2D eigenvalue weighted by Crippen LogP contribution is 2.64. The van der Waals surface area contributed by atoms with E-state index in [9.17, 15) is 0 Å². The van der Waals surface area contributed by atoms with Crippen LogP contribution in [-0.4, -0.2) is 7.11 Å². The van der Waals surface area contributed by atoms with E-state index in [1.165, 1.54) is 27.8 Å². The maximum atomic E-state index is 6.28. The van der Waals surface area contributed by atoms with E-state index in [4.69, 9.17) is 4.74 Å². The van der Waals surface area contributed by atoms with E-state index in [1.807, 2.05) is 0 Å². The Bertz CT molecular complexity index is 1670. The summed E-state index contributed by atoms with van der Waals surface area (Å²) in [7, 11) is 1.79. The smallest absolute Gasteiger partial charge is 0.125 e. The Hall–Kier alpha value is -5.08. The fourth-order valence-electron chi connectivity index (χ4n) is 6.99. The lowest BCUT2D eigenvalue weighted by atomic mass is 9.76. The SMILES string of the molecule is COc1cccc2c1C(c1ccccc1)(c1ccccc1)N(c1ccccc1)C2(c1ccccc1)c1ccccc1. The number of ether oxygens (including phenoxy) is 1. The predicted octanol–water partition coefficient (Wildman–Crippen LogP) is 8.80. The van der Waals surface area contributed by atoms with E-state index in [1.54, 1.807) is 7.11 Å². The predicted molar refractivity (Wildman–Crippen MR) is 167 cm³/mol. The number of hydrogen-bond acceptors (Lipinski definition) is 2. The molecule has 1 aliphatic rings. The summed E-state index contributed by atoms with van der Waals surface area (Å²) >= 11 is 0. The van der Waals surface area contributed by atoms with Crippen LogP contribution in [0, 0.1) is 0 Å². The topological polar surface area (TPSA) is 12.5 Å². The number of para-hydroxylation sites is 1. The Morgan fingerprint density at radius 1 is 0.415 bits per heavy atom. The third-order valence-corrected chi connectivity index (χ3v) is 8.45. The van der Waals surface area contributed by atoms with Gasteiger partial charge < -0.3 is 9.64 Å². The molecule has 2 nitrogen and oxygen atoms in total. The molecule has 0 aromatic heterocycles. The summed E-state index contributed by atoms with van der Waals surface area (Å²) in [6.07, 6.45) is 0. The summed E-state index contributed by atoms with van der Waals surface area (Å²) in [5.74, 6) is 0.866. The van der Waals surface area contributed by atoms with Gasteiger partial charge in [0, 0.05) is 11.3 Å². The van der Waals surface area contributed by atoms with Crippen molar-refractivity contribution in [3.63, 3.8) is 0 Å². The van der Waals surface area contributed by atoms with Gasteiger partial charge in [-0.05, 0) is 46.0 Å². The monoisotopic (exact) mass is 529 g/mol. The van der Waals surface area contributed by atoms with Crippen LogP contribution in [0.2, 0.25) is 0 Å². The minimum Gasteiger partial charge on any atom is -0.496 e. The molecule has 0 saturated carbocycles. The molecule has 1 aliphatic heterocycles. The van der Waals surface area contributed by atoms with E-state index in [2.05, 4.69) is 175 Å². The van der Waals surface area contributed by atoms with E-state index in [0.717, 1.165) is 17.0 Å². The number of methoxy groups -OCH3 is 1. The molecule has 41 heavy (non-hydrogen) atoms. The van der Waals surface area contributed by atoms with Gasteiger partial charge in [-0.2, -0.15) is 0 Å². The van der Waals surface area contributed by atoms with Crippen LogP contribution in [0.4, 0.5) is 5.69 Å². The normalized spacial score (nSPS) is 14.8. The summed E-state index contributed by atoms with van der Waals surface area (Å²) in [6, 6.07) is 61.0. The number of benzene rings is 6. The van der Waals surface area contributed by atoms with Crippen LogP contribution in [0.5, 0.6) is 5.75 Å². The second-order valence-electron chi connectivity index (χ2n) is 10.4. The highest BCUT2D eigenvalue weighted by atomic mass is 16.5. The molecule has 7 rings (SSSR count). The molecule has 0 spiro atoms. The maximum Gasteiger partial charge on any atom is 0.125 e. The third kappa shape index (κ3) is 3.57. The summed E-state index contributed by atoms with van der Waals surface area (Å²) in [5.41, 5.74) is 6.80. The van der Waals surface area contributed by atoms with E-state index < -0.39 is 11.1 Å². The lowest BCUT2D eigenvalue weighted by Crippen LogP contribution is -2.54. The van der Waals surface area contributed by atoms with Crippen molar-refractivity contribution in [3.05, 3.63) is 203 Å². The molecule has 0 radical (unpaired) electrons. The van der Waals surface area contributed by atoms with Gasteiger partial charge in [0.1, 0.15) is 16.8 Å². The Morgan fingerprint density at radius 2 is 0.805 bits per heavy atom. The third-order valence-electron chi connectivity index (χ3n) is 8.45. The lowest BCUT2D eigenvalue weighted by molar-refractivity contribution is 0.401. The highest BCUT2D eigenvalue weighted by Gasteiger charge is 2.62. The van der Waals surface area contributed by atoms with Gasteiger partial charge in [-0.15, -0.1) is 0 Å². The Kier molecular flexibility index (Phi) is 6.17. The molecule has 0 N–H and O–H groups in total. The second-order valence-corrected chi connectivity index (χ2v) is 10.4. The average molecular weight is 530 g/mol. The summed E-state index contributed by atoms with van der Waals surface area (Å²) in [4.78, 5) is 2.64. The maximum absolute atomic E-state index is 6.28. The fraction of sp³-hybridized carbons (Fsp3) is 0.0769. The first-order valence-corrected chi connectivity index (χ1v) is 14.1. The quantitative estimate of drug-likeness (QED) is 0.214. The van der Waals surface area contributed by atoms with Crippen LogP contribution in [0.25, 0.3) is 0 Å². The molecule has 0 aliphatic carbocycles. The Balaban J connectivity index is 1.78. The van der Waals surface area contributed by atoms with Crippen LogP contribution >= 0.6 is 0 Å². The zero-order valence-electron chi connectivity index (χ0n) is 23.0. The molecule has 0 saturated heterocycles. The zero-order valence-corrected chi connectivity index (χ0v) is 23.0. The molecule has 1 heterocycles. The Morgan fingerprint density at radius 3 is 1.22 bits per heavy atom. The van der Waals surface area contributed by atoms with Crippen LogP contribution in [0.3, 0.4) is 0 Å². The molecular weight excluding hydrogens is 498 g/mol. The van der Waals surface area contributed by atoms with E-state index in [0.29, 0.717) is 0 Å². The van der Waals surface area contributed by atoms with Gasteiger partial charge in [-0.25, -0.2) is 0 Å². The molecular formula is C39H31NO. The zero-order chi connectivity index (χ0) is 27.7. The molecule has 0 bridgehead atoms. The van der Waals surface area contributed by atoms with Crippen molar-refractivity contribution in [2.24, 2.45) is 0 Å². The standard InChI is InChI=1S/C39H31NO/c1-41-36-29-17-28-35-37(36)39(32-22-11-4-12-23-32,33-24-13-5-14-25-33)40(34-26-15-6-16-27-34)38(35,30-18-7-2-8-19-30)31-20-9-3-10-21-31/h2-29H,1H3.